The number of rotatable bonds is 3. The van der Waals surface area contributed by atoms with Gasteiger partial charge in [0.2, 0.25) is 0 Å². The third-order valence-electron chi connectivity index (χ3n) is 3.72. The van der Waals surface area contributed by atoms with Gasteiger partial charge in [0.1, 0.15) is 5.75 Å². The van der Waals surface area contributed by atoms with Crippen LogP contribution in [-0.2, 0) is 0 Å². The van der Waals surface area contributed by atoms with Crippen molar-refractivity contribution >= 4 is 0 Å². The van der Waals surface area contributed by atoms with E-state index in [0.717, 1.165) is 25.1 Å². The van der Waals surface area contributed by atoms with Crippen molar-refractivity contribution in [1.82, 2.24) is 5.32 Å². The van der Waals surface area contributed by atoms with Gasteiger partial charge in [-0.15, -0.1) is 0 Å². The van der Waals surface area contributed by atoms with E-state index >= 15 is 0 Å². The molecule has 1 aliphatic rings. The quantitative estimate of drug-likeness (QED) is 0.839. The van der Waals surface area contributed by atoms with Crippen molar-refractivity contribution in [1.29, 1.82) is 0 Å². The van der Waals surface area contributed by atoms with Gasteiger partial charge in [-0.3, -0.25) is 0 Å². The molecule has 3 heteroatoms. The maximum Gasteiger partial charge on any atom is 0.122 e. The number of nitrogens with two attached hydrogens (primary N) is 1. The van der Waals surface area contributed by atoms with Gasteiger partial charge in [-0.05, 0) is 24.5 Å². The second-order valence-corrected chi connectivity index (χ2v) is 4.76. The van der Waals surface area contributed by atoms with Gasteiger partial charge in [0.25, 0.3) is 0 Å². The summed E-state index contributed by atoms with van der Waals surface area (Å²) in [6.45, 7) is 3.17. The Hall–Kier alpha value is -1.06. The van der Waals surface area contributed by atoms with Crippen LogP contribution >= 0.6 is 0 Å². The zero-order chi connectivity index (χ0) is 12.3. The van der Waals surface area contributed by atoms with E-state index in [2.05, 4.69) is 24.4 Å². The second kappa shape index (κ2) is 5.52. The predicted octanol–water partition coefficient (Wildman–Crippen LogP) is 1.88. The Morgan fingerprint density at radius 1 is 1.41 bits per heavy atom. The summed E-state index contributed by atoms with van der Waals surface area (Å²) in [4.78, 5) is 0. The van der Waals surface area contributed by atoms with Crippen LogP contribution in [0.3, 0.4) is 0 Å². The standard InChI is InChI=1S/C14H22N2O/c1-3-13-12(15)8-10(9-16-13)11-6-4-5-7-14(11)17-2/h4-7,10,12-13,16H,3,8-9,15H2,1-2H3. The SMILES string of the molecule is CCC1NCC(c2ccccc2OC)CC1N. The molecule has 0 aliphatic carbocycles. The van der Waals surface area contributed by atoms with Gasteiger partial charge in [0.15, 0.2) is 0 Å². The van der Waals surface area contributed by atoms with Crippen LogP contribution in [0.1, 0.15) is 31.2 Å². The van der Waals surface area contributed by atoms with Gasteiger partial charge < -0.3 is 15.8 Å². The molecule has 1 saturated heterocycles. The molecule has 0 bridgehead atoms. The van der Waals surface area contributed by atoms with Crippen molar-refractivity contribution in [2.75, 3.05) is 13.7 Å². The van der Waals surface area contributed by atoms with Crippen molar-refractivity contribution in [2.24, 2.45) is 5.73 Å². The summed E-state index contributed by atoms with van der Waals surface area (Å²) < 4.78 is 5.42. The number of para-hydroxylation sites is 1. The highest BCUT2D eigenvalue weighted by Crippen LogP contribution is 2.31. The first-order chi connectivity index (χ1) is 8.26. The van der Waals surface area contributed by atoms with Gasteiger partial charge in [-0.25, -0.2) is 0 Å². The lowest BCUT2D eigenvalue weighted by atomic mass is 9.84. The van der Waals surface area contributed by atoms with E-state index in [1.54, 1.807) is 7.11 Å². The van der Waals surface area contributed by atoms with Gasteiger partial charge in [0, 0.05) is 24.5 Å². The molecule has 17 heavy (non-hydrogen) atoms. The molecule has 0 aromatic heterocycles. The van der Waals surface area contributed by atoms with Gasteiger partial charge in [-0.2, -0.15) is 0 Å². The maximum absolute atomic E-state index is 6.21. The minimum atomic E-state index is 0.240. The van der Waals surface area contributed by atoms with Crippen LogP contribution in [-0.4, -0.2) is 25.7 Å². The molecule has 3 N–H and O–H groups in total. The summed E-state index contributed by atoms with van der Waals surface area (Å²) in [6, 6.07) is 8.93. The van der Waals surface area contributed by atoms with Gasteiger partial charge in [0.05, 0.1) is 7.11 Å². The molecule has 1 aliphatic heterocycles. The minimum Gasteiger partial charge on any atom is -0.496 e. The number of nitrogens with one attached hydrogen (secondary N) is 1. The van der Waals surface area contributed by atoms with Crippen LogP contribution in [0.2, 0.25) is 0 Å². The Morgan fingerprint density at radius 3 is 2.82 bits per heavy atom. The lowest BCUT2D eigenvalue weighted by Crippen LogP contribution is -2.51. The lowest BCUT2D eigenvalue weighted by Gasteiger charge is -2.35. The summed E-state index contributed by atoms with van der Waals surface area (Å²) in [7, 11) is 1.73. The number of methoxy groups -OCH3 is 1. The van der Waals surface area contributed by atoms with Crippen molar-refractivity contribution in [3.63, 3.8) is 0 Å². The molecule has 0 spiro atoms. The molecule has 1 aromatic rings. The highest BCUT2D eigenvalue weighted by Gasteiger charge is 2.28. The molecule has 2 rings (SSSR count). The van der Waals surface area contributed by atoms with Crippen LogP contribution in [0.5, 0.6) is 5.75 Å². The Bertz CT molecular complexity index is 367. The van der Waals surface area contributed by atoms with E-state index in [1.807, 2.05) is 12.1 Å². The predicted molar refractivity (Wildman–Crippen MR) is 70.4 cm³/mol. The zero-order valence-electron chi connectivity index (χ0n) is 10.6. The number of hydrogen-bond donors (Lipinski definition) is 2. The smallest absolute Gasteiger partial charge is 0.122 e. The first-order valence-corrected chi connectivity index (χ1v) is 6.38. The Labute approximate surface area is 103 Å². The molecule has 0 saturated carbocycles. The largest absolute Gasteiger partial charge is 0.496 e. The third kappa shape index (κ3) is 2.61. The maximum atomic E-state index is 6.21. The molecular weight excluding hydrogens is 212 g/mol. The monoisotopic (exact) mass is 234 g/mol. The summed E-state index contributed by atoms with van der Waals surface area (Å²) in [5.74, 6) is 1.44. The number of piperidine rings is 1. The molecule has 1 aromatic carbocycles. The van der Waals surface area contributed by atoms with Crippen molar-refractivity contribution in [3.8, 4) is 5.75 Å². The first kappa shape index (κ1) is 12.4. The Kier molecular flexibility index (Phi) is 4.02. The van der Waals surface area contributed by atoms with E-state index < -0.39 is 0 Å². The van der Waals surface area contributed by atoms with Crippen LogP contribution < -0.4 is 15.8 Å². The van der Waals surface area contributed by atoms with Crippen LogP contribution in [0.25, 0.3) is 0 Å². The Morgan fingerprint density at radius 2 is 2.18 bits per heavy atom. The fourth-order valence-electron chi connectivity index (χ4n) is 2.71. The normalized spacial score (nSPS) is 29.0. The third-order valence-corrected chi connectivity index (χ3v) is 3.72. The summed E-state index contributed by atoms with van der Waals surface area (Å²) in [5.41, 5.74) is 7.48. The Balaban J connectivity index is 2.13. The molecule has 3 atom stereocenters. The number of hydrogen-bond acceptors (Lipinski definition) is 3. The van der Waals surface area contributed by atoms with Crippen LogP contribution in [0.4, 0.5) is 0 Å². The molecule has 0 amide bonds. The molecule has 3 nitrogen and oxygen atoms in total. The van der Waals surface area contributed by atoms with E-state index in [-0.39, 0.29) is 6.04 Å². The average molecular weight is 234 g/mol. The molecular formula is C14H22N2O. The number of benzene rings is 1. The van der Waals surface area contributed by atoms with Gasteiger partial charge >= 0.3 is 0 Å². The molecule has 1 heterocycles. The van der Waals surface area contributed by atoms with Gasteiger partial charge in [-0.1, -0.05) is 25.1 Å². The van der Waals surface area contributed by atoms with Crippen molar-refractivity contribution in [3.05, 3.63) is 29.8 Å². The fraction of sp³-hybridized carbons (Fsp3) is 0.571. The average Bonchev–Trinajstić information content (AvgIpc) is 2.38. The summed E-state index contributed by atoms with van der Waals surface area (Å²) in [5, 5.41) is 3.54. The van der Waals surface area contributed by atoms with E-state index in [0.29, 0.717) is 12.0 Å². The summed E-state index contributed by atoms with van der Waals surface area (Å²) >= 11 is 0. The van der Waals surface area contributed by atoms with Crippen molar-refractivity contribution in [2.45, 2.75) is 37.8 Å². The highest BCUT2D eigenvalue weighted by atomic mass is 16.5. The van der Waals surface area contributed by atoms with E-state index in [4.69, 9.17) is 10.5 Å². The highest BCUT2D eigenvalue weighted by molar-refractivity contribution is 5.37. The lowest BCUT2D eigenvalue weighted by molar-refractivity contribution is 0.308. The molecule has 0 radical (unpaired) electrons. The zero-order valence-corrected chi connectivity index (χ0v) is 10.6. The number of ether oxygens (including phenoxy) is 1. The topological polar surface area (TPSA) is 47.3 Å². The molecule has 1 fully saturated rings. The van der Waals surface area contributed by atoms with E-state index in [9.17, 15) is 0 Å². The van der Waals surface area contributed by atoms with Crippen LogP contribution in [0, 0.1) is 0 Å². The van der Waals surface area contributed by atoms with Crippen LogP contribution in [0.15, 0.2) is 24.3 Å². The molecule has 3 unspecified atom stereocenters. The minimum absolute atomic E-state index is 0.240. The summed E-state index contributed by atoms with van der Waals surface area (Å²) in [6.07, 6.45) is 2.13. The molecule has 94 valence electrons. The first-order valence-electron chi connectivity index (χ1n) is 6.38. The fourth-order valence-corrected chi connectivity index (χ4v) is 2.71. The van der Waals surface area contributed by atoms with Crippen molar-refractivity contribution < 1.29 is 4.74 Å². The van der Waals surface area contributed by atoms with E-state index in [1.165, 1.54) is 5.56 Å². The second-order valence-electron chi connectivity index (χ2n) is 4.76.